The van der Waals surface area contributed by atoms with Gasteiger partial charge in [0.2, 0.25) is 0 Å². The van der Waals surface area contributed by atoms with Gasteiger partial charge >= 0.3 is 0 Å². The molecule has 0 aliphatic heterocycles. The van der Waals surface area contributed by atoms with E-state index < -0.39 is 0 Å². The maximum absolute atomic E-state index is 6.09. The van der Waals surface area contributed by atoms with E-state index in [2.05, 4.69) is 19.1 Å². The average molecular weight is 311 g/mol. The lowest BCUT2D eigenvalue weighted by molar-refractivity contribution is 0.746. The Morgan fingerprint density at radius 1 is 1.14 bits per heavy atom. The lowest BCUT2D eigenvalue weighted by Gasteiger charge is -2.03. The van der Waals surface area contributed by atoms with Crippen LogP contribution in [0, 0.1) is 6.92 Å². The smallest absolute Gasteiger partial charge is 0.126 e. The van der Waals surface area contributed by atoms with Crippen molar-refractivity contribution in [2.24, 2.45) is 5.73 Å². The van der Waals surface area contributed by atoms with Gasteiger partial charge in [0.05, 0.1) is 10.2 Å². The van der Waals surface area contributed by atoms with Crippen LogP contribution in [0.25, 0.3) is 20.8 Å². The number of hydrogen-bond acceptors (Lipinski definition) is 4. The Balaban J connectivity index is 2.05. The third-order valence-electron chi connectivity index (χ3n) is 3.81. The van der Waals surface area contributed by atoms with Crippen molar-refractivity contribution in [3.63, 3.8) is 0 Å². The lowest BCUT2D eigenvalue weighted by atomic mass is 10.0. The van der Waals surface area contributed by atoms with Crippen molar-refractivity contribution in [1.82, 2.24) is 4.98 Å². The summed E-state index contributed by atoms with van der Waals surface area (Å²) in [4.78, 5) is 4.87. The number of thiazole rings is 1. The monoisotopic (exact) mass is 311 g/mol. The Morgan fingerprint density at radius 2 is 1.95 bits per heavy atom. The molecule has 114 valence electrons. The molecule has 1 heterocycles. The molecule has 0 unspecified atom stereocenters. The normalized spacial score (nSPS) is 11.2. The van der Waals surface area contributed by atoms with Crippen LogP contribution in [-0.2, 0) is 6.42 Å². The number of nitrogens with two attached hydrogens (primary N) is 2. The fraction of sp³-hybridized carbons (Fsp3) is 0.278. The zero-order valence-electron chi connectivity index (χ0n) is 12.8. The van der Waals surface area contributed by atoms with Crippen molar-refractivity contribution < 1.29 is 0 Å². The molecule has 0 aliphatic carbocycles. The summed E-state index contributed by atoms with van der Waals surface area (Å²) >= 11 is 1.72. The molecule has 1 aromatic heterocycles. The number of rotatable bonds is 5. The van der Waals surface area contributed by atoms with Crippen molar-refractivity contribution in [3.05, 3.63) is 47.5 Å². The number of nitrogens with zero attached hydrogens (tertiary/aromatic N) is 1. The number of para-hydroxylation sites is 1. The molecular formula is C18H21N3S. The first kappa shape index (κ1) is 15.0. The van der Waals surface area contributed by atoms with Crippen LogP contribution in [0.15, 0.2) is 36.4 Å². The van der Waals surface area contributed by atoms with E-state index in [1.165, 1.54) is 15.8 Å². The topological polar surface area (TPSA) is 64.9 Å². The number of fused-ring (bicyclic) bond motifs is 1. The van der Waals surface area contributed by atoms with Gasteiger partial charge in [0.1, 0.15) is 5.01 Å². The van der Waals surface area contributed by atoms with Crippen LogP contribution in [0.3, 0.4) is 0 Å². The molecule has 2 aromatic carbocycles. The van der Waals surface area contributed by atoms with Gasteiger partial charge < -0.3 is 11.5 Å². The van der Waals surface area contributed by atoms with Crippen molar-refractivity contribution in [1.29, 1.82) is 0 Å². The van der Waals surface area contributed by atoms with E-state index >= 15 is 0 Å². The van der Waals surface area contributed by atoms with E-state index in [0.717, 1.165) is 47.6 Å². The molecule has 0 aliphatic rings. The van der Waals surface area contributed by atoms with E-state index in [1.54, 1.807) is 11.3 Å². The second kappa shape index (κ2) is 6.46. The van der Waals surface area contributed by atoms with Gasteiger partial charge in [-0.2, -0.15) is 0 Å². The number of nitrogen functional groups attached to an aromatic ring is 1. The number of aryl methyl sites for hydroxylation is 2. The minimum Gasteiger partial charge on any atom is -0.398 e. The molecule has 3 aromatic rings. The molecule has 0 saturated carbocycles. The highest BCUT2D eigenvalue weighted by atomic mass is 32.1. The van der Waals surface area contributed by atoms with E-state index in [-0.39, 0.29) is 0 Å². The zero-order valence-corrected chi connectivity index (χ0v) is 13.6. The van der Waals surface area contributed by atoms with Gasteiger partial charge in [-0.05, 0) is 62.1 Å². The number of benzene rings is 2. The highest BCUT2D eigenvalue weighted by molar-refractivity contribution is 7.21. The van der Waals surface area contributed by atoms with E-state index in [4.69, 9.17) is 16.5 Å². The van der Waals surface area contributed by atoms with E-state index in [1.807, 2.05) is 24.3 Å². The quantitative estimate of drug-likeness (QED) is 0.550. The van der Waals surface area contributed by atoms with Gasteiger partial charge in [0.25, 0.3) is 0 Å². The summed E-state index contributed by atoms with van der Waals surface area (Å²) in [6.07, 6.45) is 3.19. The Hall–Kier alpha value is -1.91. The predicted molar refractivity (Wildman–Crippen MR) is 96.2 cm³/mol. The lowest BCUT2D eigenvalue weighted by Crippen LogP contribution is -1.99. The van der Waals surface area contributed by atoms with Gasteiger partial charge in [-0.15, -0.1) is 11.3 Å². The third kappa shape index (κ3) is 2.98. The van der Waals surface area contributed by atoms with Crippen molar-refractivity contribution in [3.8, 4) is 10.6 Å². The first-order valence-corrected chi connectivity index (χ1v) is 8.45. The molecule has 0 spiro atoms. The predicted octanol–water partition coefficient (Wildman–Crippen LogP) is 4.14. The Bertz CT molecular complexity index is 792. The Morgan fingerprint density at radius 3 is 2.73 bits per heavy atom. The summed E-state index contributed by atoms with van der Waals surface area (Å²) in [6, 6.07) is 12.4. The van der Waals surface area contributed by atoms with Crippen molar-refractivity contribution in [2.45, 2.75) is 26.2 Å². The number of hydrogen-bond donors (Lipinski definition) is 2. The highest BCUT2D eigenvalue weighted by Gasteiger charge is 2.12. The Labute approximate surface area is 135 Å². The van der Waals surface area contributed by atoms with Crippen LogP contribution in [0.2, 0.25) is 0 Å². The number of unbranched alkanes of at least 4 members (excludes halogenated alkanes) is 1. The first-order chi connectivity index (χ1) is 10.7. The fourth-order valence-electron chi connectivity index (χ4n) is 2.71. The fourth-order valence-corrected chi connectivity index (χ4v) is 3.87. The molecule has 22 heavy (non-hydrogen) atoms. The van der Waals surface area contributed by atoms with Crippen LogP contribution < -0.4 is 11.5 Å². The average Bonchev–Trinajstić information content (AvgIpc) is 2.91. The molecule has 0 bridgehead atoms. The summed E-state index contributed by atoms with van der Waals surface area (Å²) in [5.41, 5.74) is 17.2. The molecule has 0 fully saturated rings. The van der Waals surface area contributed by atoms with Crippen LogP contribution in [0.4, 0.5) is 5.69 Å². The molecule has 3 rings (SSSR count). The molecule has 4 heteroatoms. The molecule has 3 nitrogen and oxygen atoms in total. The molecule has 0 atom stereocenters. The maximum Gasteiger partial charge on any atom is 0.126 e. The minimum absolute atomic E-state index is 0.748. The summed E-state index contributed by atoms with van der Waals surface area (Å²) < 4.78 is 1.24. The molecule has 0 amide bonds. The summed E-state index contributed by atoms with van der Waals surface area (Å²) in [7, 11) is 0. The molecule has 0 saturated heterocycles. The standard InChI is InChI=1S/C18H21N3S/c1-12-10-13(6-4-5-9-19)17-16(11-12)22-18(21-17)14-7-2-3-8-15(14)20/h2-3,7-8,10-11H,4-6,9,19-20H2,1H3. The van der Waals surface area contributed by atoms with Crippen molar-refractivity contribution >= 4 is 27.2 Å². The maximum atomic E-state index is 6.09. The van der Waals surface area contributed by atoms with Crippen molar-refractivity contribution in [2.75, 3.05) is 12.3 Å². The zero-order chi connectivity index (χ0) is 15.5. The highest BCUT2D eigenvalue weighted by Crippen LogP contribution is 2.35. The second-order valence-electron chi connectivity index (χ2n) is 5.62. The molecule has 0 radical (unpaired) electrons. The van der Waals surface area contributed by atoms with Gasteiger partial charge in [0.15, 0.2) is 0 Å². The van der Waals surface area contributed by atoms with Gasteiger partial charge in [-0.3, -0.25) is 0 Å². The van der Waals surface area contributed by atoms with Crippen LogP contribution in [0.1, 0.15) is 24.0 Å². The third-order valence-corrected chi connectivity index (χ3v) is 4.85. The number of aromatic nitrogens is 1. The van der Waals surface area contributed by atoms with Crippen LogP contribution >= 0.6 is 11.3 Å². The van der Waals surface area contributed by atoms with Gasteiger partial charge in [0, 0.05) is 11.3 Å². The minimum atomic E-state index is 0.748. The summed E-state index contributed by atoms with van der Waals surface area (Å²) in [5.74, 6) is 0. The molecule has 4 N–H and O–H groups in total. The molecular weight excluding hydrogens is 290 g/mol. The number of anilines is 1. The second-order valence-corrected chi connectivity index (χ2v) is 6.65. The van der Waals surface area contributed by atoms with Gasteiger partial charge in [-0.1, -0.05) is 18.2 Å². The first-order valence-electron chi connectivity index (χ1n) is 7.64. The summed E-state index contributed by atoms with van der Waals surface area (Å²) in [6.45, 7) is 2.89. The summed E-state index contributed by atoms with van der Waals surface area (Å²) in [5, 5.41) is 0.999. The largest absolute Gasteiger partial charge is 0.398 e. The van der Waals surface area contributed by atoms with Crippen LogP contribution in [0.5, 0.6) is 0 Å². The Kier molecular flexibility index (Phi) is 4.41. The van der Waals surface area contributed by atoms with E-state index in [9.17, 15) is 0 Å². The van der Waals surface area contributed by atoms with Crippen LogP contribution in [-0.4, -0.2) is 11.5 Å². The SMILES string of the molecule is Cc1cc(CCCCN)c2nc(-c3ccccc3N)sc2c1. The van der Waals surface area contributed by atoms with Gasteiger partial charge in [-0.25, -0.2) is 4.98 Å². The van der Waals surface area contributed by atoms with E-state index in [0.29, 0.717) is 0 Å².